The molecule has 0 spiro atoms. The van der Waals surface area contributed by atoms with Crippen molar-refractivity contribution in [3.63, 3.8) is 0 Å². The van der Waals surface area contributed by atoms with E-state index in [4.69, 9.17) is 0 Å². The van der Waals surface area contributed by atoms with Gasteiger partial charge in [0.05, 0.1) is 16.5 Å². The Balaban J connectivity index is 1.73. The maximum absolute atomic E-state index is 11.9. The van der Waals surface area contributed by atoms with E-state index in [1.165, 1.54) is 0 Å². The van der Waals surface area contributed by atoms with E-state index < -0.39 is 0 Å². The number of nitrogens with zero attached hydrogens (tertiary/aromatic N) is 1. The van der Waals surface area contributed by atoms with Crippen LogP contribution in [0.15, 0.2) is 41.2 Å². The molecule has 0 radical (unpaired) electrons. The molecule has 0 fully saturated rings. The molecule has 0 aliphatic heterocycles. The van der Waals surface area contributed by atoms with Crippen molar-refractivity contribution in [3.05, 3.63) is 52.5 Å². The Labute approximate surface area is 122 Å². The van der Waals surface area contributed by atoms with Crippen molar-refractivity contribution >= 4 is 29.9 Å². The van der Waals surface area contributed by atoms with Crippen molar-refractivity contribution in [2.24, 2.45) is 0 Å². The summed E-state index contributed by atoms with van der Waals surface area (Å²) in [6.07, 6.45) is 1.41. The summed E-state index contributed by atoms with van der Waals surface area (Å²) in [4.78, 5) is 16.0. The van der Waals surface area contributed by atoms with Gasteiger partial charge in [-0.25, -0.2) is 4.98 Å². The number of nitrogens with one attached hydrogen (secondary N) is 1. The lowest BCUT2D eigenvalue weighted by Crippen LogP contribution is -2.34. The third-order valence-electron chi connectivity index (χ3n) is 2.74. The van der Waals surface area contributed by atoms with Gasteiger partial charge < -0.3 is 5.32 Å². The average Bonchev–Trinajstić information content (AvgIpc) is 2.93. The molecule has 5 heteroatoms. The fourth-order valence-electron chi connectivity index (χ4n) is 1.72. The number of thiol groups is 1. The Morgan fingerprint density at radius 3 is 2.84 bits per heavy atom. The van der Waals surface area contributed by atoms with Gasteiger partial charge in [-0.05, 0) is 12.0 Å². The van der Waals surface area contributed by atoms with Gasteiger partial charge >= 0.3 is 0 Å². The van der Waals surface area contributed by atoms with Gasteiger partial charge in [-0.1, -0.05) is 30.3 Å². The summed E-state index contributed by atoms with van der Waals surface area (Å²) in [6.45, 7) is 0.606. The number of amides is 1. The van der Waals surface area contributed by atoms with E-state index in [-0.39, 0.29) is 11.2 Å². The molecular weight excluding hydrogens is 276 g/mol. The summed E-state index contributed by atoms with van der Waals surface area (Å²) in [5.41, 5.74) is 3.94. The lowest BCUT2D eigenvalue weighted by molar-refractivity contribution is -0.120. The van der Waals surface area contributed by atoms with Gasteiger partial charge in [0.15, 0.2) is 0 Å². The van der Waals surface area contributed by atoms with Crippen LogP contribution in [0.5, 0.6) is 0 Å². The topological polar surface area (TPSA) is 42.0 Å². The molecule has 2 rings (SSSR count). The molecule has 100 valence electrons. The van der Waals surface area contributed by atoms with Gasteiger partial charge in [0.25, 0.3) is 0 Å². The quantitative estimate of drug-likeness (QED) is 0.803. The first-order chi connectivity index (χ1) is 9.25. The minimum absolute atomic E-state index is 0.0255. The van der Waals surface area contributed by atoms with Crippen LogP contribution in [-0.4, -0.2) is 22.7 Å². The van der Waals surface area contributed by atoms with E-state index in [9.17, 15) is 4.79 Å². The van der Waals surface area contributed by atoms with Crippen molar-refractivity contribution in [1.82, 2.24) is 10.3 Å². The number of carbonyl (C=O) groups is 1. The lowest BCUT2D eigenvalue weighted by Gasteiger charge is -2.11. The number of thiazole rings is 1. The van der Waals surface area contributed by atoms with Crippen molar-refractivity contribution in [2.45, 2.75) is 18.1 Å². The monoisotopic (exact) mass is 292 g/mol. The second-order valence-corrected chi connectivity index (χ2v) is 5.57. The van der Waals surface area contributed by atoms with Gasteiger partial charge in [0.2, 0.25) is 5.91 Å². The molecule has 0 bridgehead atoms. The van der Waals surface area contributed by atoms with Gasteiger partial charge in [-0.2, -0.15) is 12.6 Å². The third kappa shape index (κ3) is 4.69. The van der Waals surface area contributed by atoms with Crippen LogP contribution in [0.2, 0.25) is 0 Å². The van der Waals surface area contributed by atoms with E-state index >= 15 is 0 Å². The highest BCUT2D eigenvalue weighted by molar-refractivity contribution is 7.81. The maximum atomic E-state index is 11.9. The molecule has 0 aliphatic rings. The SMILES string of the molecule is O=C(NCCc1cscn1)C(S)Cc1ccccc1. The molecule has 1 atom stereocenters. The molecule has 3 nitrogen and oxygen atoms in total. The molecule has 0 aliphatic carbocycles. The Kier molecular flexibility index (Phi) is 5.42. The van der Waals surface area contributed by atoms with E-state index in [0.717, 1.165) is 17.7 Å². The molecule has 0 saturated carbocycles. The lowest BCUT2D eigenvalue weighted by atomic mass is 10.1. The van der Waals surface area contributed by atoms with Crippen LogP contribution < -0.4 is 5.32 Å². The summed E-state index contributed by atoms with van der Waals surface area (Å²) < 4.78 is 0. The summed E-state index contributed by atoms with van der Waals surface area (Å²) in [5, 5.41) is 4.58. The standard InChI is InChI=1S/C14H16N2OS2/c17-14(15-7-6-12-9-19-10-16-12)13(18)8-11-4-2-1-3-5-11/h1-5,9-10,13,18H,6-8H2,(H,15,17). The van der Waals surface area contributed by atoms with Gasteiger partial charge in [-0.15, -0.1) is 11.3 Å². The highest BCUT2D eigenvalue weighted by atomic mass is 32.1. The number of aromatic nitrogens is 1. The predicted octanol–water partition coefficient (Wildman–Crippen LogP) is 2.34. The smallest absolute Gasteiger partial charge is 0.233 e. The van der Waals surface area contributed by atoms with Crippen molar-refractivity contribution in [1.29, 1.82) is 0 Å². The van der Waals surface area contributed by atoms with Gasteiger partial charge in [0.1, 0.15) is 0 Å². The Hall–Kier alpha value is -1.33. The largest absolute Gasteiger partial charge is 0.355 e. The van der Waals surface area contributed by atoms with E-state index in [0.29, 0.717) is 13.0 Å². The molecule has 19 heavy (non-hydrogen) atoms. The van der Waals surface area contributed by atoms with Crippen LogP contribution >= 0.6 is 24.0 Å². The minimum atomic E-state index is -0.308. The predicted molar refractivity (Wildman–Crippen MR) is 81.7 cm³/mol. The summed E-state index contributed by atoms with van der Waals surface area (Å²) in [5.74, 6) is -0.0255. The van der Waals surface area contributed by atoms with Crippen molar-refractivity contribution in [2.75, 3.05) is 6.54 Å². The molecule has 1 amide bonds. The van der Waals surface area contributed by atoms with Crippen LogP contribution in [-0.2, 0) is 17.6 Å². The number of hydrogen-bond donors (Lipinski definition) is 2. The van der Waals surface area contributed by atoms with Crippen molar-refractivity contribution < 1.29 is 4.79 Å². The van der Waals surface area contributed by atoms with E-state index in [2.05, 4.69) is 22.9 Å². The van der Waals surface area contributed by atoms with E-state index in [1.54, 1.807) is 16.8 Å². The first-order valence-electron chi connectivity index (χ1n) is 6.12. The first-order valence-corrected chi connectivity index (χ1v) is 7.58. The Morgan fingerprint density at radius 1 is 1.37 bits per heavy atom. The first kappa shape index (κ1) is 14.1. The van der Waals surface area contributed by atoms with Crippen LogP contribution in [0.1, 0.15) is 11.3 Å². The summed E-state index contributed by atoms with van der Waals surface area (Å²) >= 11 is 5.93. The zero-order valence-corrected chi connectivity index (χ0v) is 12.2. The molecule has 1 aromatic heterocycles. The normalized spacial score (nSPS) is 12.1. The summed E-state index contributed by atoms with van der Waals surface area (Å²) in [6, 6.07) is 9.91. The van der Waals surface area contributed by atoms with Gasteiger partial charge in [0, 0.05) is 18.3 Å². The fourth-order valence-corrected chi connectivity index (χ4v) is 2.62. The molecule has 1 N–H and O–H groups in total. The highest BCUT2D eigenvalue weighted by Gasteiger charge is 2.13. The van der Waals surface area contributed by atoms with Crippen LogP contribution in [0.3, 0.4) is 0 Å². The zero-order chi connectivity index (χ0) is 13.5. The second-order valence-electron chi connectivity index (χ2n) is 4.23. The molecule has 1 unspecified atom stereocenters. The number of carbonyl (C=O) groups excluding carboxylic acids is 1. The molecule has 1 heterocycles. The van der Waals surface area contributed by atoms with Crippen LogP contribution in [0, 0.1) is 0 Å². The maximum Gasteiger partial charge on any atom is 0.233 e. The van der Waals surface area contributed by atoms with Crippen molar-refractivity contribution in [3.8, 4) is 0 Å². The molecule has 0 saturated heterocycles. The Bertz CT molecular complexity index is 499. The van der Waals surface area contributed by atoms with Gasteiger partial charge in [-0.3, -0.25) is 4.79 Å². The molecular formula is C14H16N2OS2. The zero-order valence-electron chi connectivity index (χ0n) is 10.5. The number of benzene rings is 1. The third-order valence-corrected chi connectivity index (χ3v) is 3.79. The van der Waals surface area contributed by atoms with E-state index in [1.807, 2.05) is 35.7 Å². The van der Waals surface area contributed by atoms with Crippen LogP contribution in [0.25, 0.3) is 0 Å². The average molecular weight is 292 g/mol. The summed E-state index contributed by atoms with van der Waals surface area (Å²) in [7, 11) is 0. The Morgan fingerprint density at radius 2 is 2.16 bits per heavy atom. The molecule has 2 aromatic rings. The number of hydrogen-bond acceptors (Lipinski definition) is 4. The second kappa shape index (κ2) is 7.31. The number of rotatable bonds is 6. The highest BCUT2D eigenvalue weighted by Crippen LogP contribution is 2.08. The molecule has 1 aromatic carbocycles. The minimum Gasteiger partial charge on any atom is -0.355 e. The van der Waals surface area contributed by atoms with Crippen LogP contribution in [0.4, 0.5) is 0 Å². The fraction of sp³-hybridized carbons (Fsp3) is 0.286.